The van der Waals surface area contributed by atoms with Crippen LogP contribution in [0.3, 0.4) is 0 Å². The largest absolute Gasteiger partial charge is 0.390 e. The molecule has 7 nitrogen and oxygen atoms in total. The van der Waals surface area contributed by atoms with E-state index in [0.29, 0.717) is 25.3 Å². The van der Waals surface area contributed by atoms with Crippen LogP contribution < -0.4 is 5.32 Å². The lowest BCUT2D eigenvalue weighted by molar-refractivity contribution is -0.121. The molecule has 3 aromatic rings. The first-order chi connectivity index (χ1) is 13.6. The number of aliphatic hydroxyl groups excluding tert-OH is 1. The molecule has 1 amide bonds. The van der Waals surface area contributed by atoms with E-state index in [9.17, 15) is 9.90 Å². The van der Waals surface area contributed by atoms with E-state index in [2.05, 4.69) is 15.4 Å². The van der Waals surface area contributed by atoms with Crippen molar-refractivity contribution in [2.24, 2.45) is 0 Å². The summed E-state index contributed by atoms with van der Waals surface area (Å²) in [6.45, 7) is 3.20. The van der Waals surface area contributed by atoms with E-state index in [0.717, 1.165) is 22.2 Å². The van der Waals surface area contributed by atoms with Gasteiger partial charge in [0.15, 0.2) is 0 Å². The first-order valence-corrected chi connectivity index (χ1v) is 9.58. The summed E-state index contributed by atoms with van der Waals surface area (Å²) in [4.78, 5) is 17.4. The van der Waals surface area contributed by atoms with Crippen molar-refractivity contribution in [1.29, 1.82) is 0 Å². The number of amides is 1. The number of nitrogens with one attached hydrogen (secondary N) is 1. The fourth-order valence-corrected chi connectivity index (χ4v) is 3.65. The Morgan fingerprint density at radius 3 is 2.89 bits per heavy atom. The fourth-order valence-electron chi connectivity index (χ4n) is 3.65. The molecule has 28 heavy (non-hydrogen) atoms. The topological polar surface area (TPSA) is 89.3 Å². The Balaban J connectivity index is 1.68. The number of benzene rings is 1. The zero-order valence-electron chi connectivity index (χ0n) is 15.8. The van der Waals surface area contributed by atoms with Gasteiger partial charge in [-0.15, -0.1) is 0 Å². The van der Waals surface area contributed by atoms with Gasteiger partial charge in [0.2, 0.25) is 5.91 Å². The number of hydrogen-bond donors (Lipinski definition) is 2. The molecular weight excluding hydrogens is 356 g/mol. The van der Waals surface area contributed by atoms with Gasteiger partial charge in [-0.25, -0.2) is 0 Å². The van der Waals surface area contributed by atoms with Gasteiger partial charge in [-0.2, -0.15) is 5.10 Å². The van der Waals surface area contributed by atoms with Gasteiger partial charge in [0.25, 0.3) is 0 Å². The molecular formula is C21H24N4O3. The lowest BCUT2D eigenvalue weighted by atomic mass is 10.1. The third-order valence-electron chi connectivity index (χ3n) is 4.94. The number of carbonyl (C=O) groups excluding carboxylic acids is 1. The third kappa shape index (κ3) is 3.90. The van der Waals surface area contributed by atoms with Gasteiger partial charge in [0.05, 0.1) is 54.9 Å². The number of aryl methyl sites for hydroxylation is 1. The third-order valence-corrected chi connectivity index (χ3v) is 4.94. The SMILES string of the molecule is CCn1ncc2cc3nc(c21)C[C@@H](O)COC[C@H](c1ccccc1)NC(=O)C3. The lowest BCUT2D eigenvalue weighted by Crippen LogP contribution is -2.34. The number of pyridine rings is 1. The van der Waals surface area contributed by atoms with E-state index in [1.165, 1.54) is 0 Å². The van der Waals surface area contributed by atoms with Crippen LogP contribution in [0.15, 0.2) is 42.6 Å². The molecule has 0 unspecified atom stereocenters. The first kappa shape index (κ1) is 18.6. The molecule has 7 heteroatoms. The second-order valence-electron chi connectivity index (χ2n) is 7.06. The summed E-state index contributed by atoms with van der Waals surface area (Å²) in [6, 6.07) is 11.3. The highest BCUT2D eigenvalue weighted by Gasteiger charge is 2.21. The number of ether oxygens (including phenoxy) is 1. The molecule has 1 aliphatic rings. The van der Waals surface area contributed by atoms with Crippen LogP contribution in [0, 0.1) is 0 Å². The van der Waals surface area contributed by atoms with Crippen molar-refractivity contribution in [1.82, 2.24) is 20.1 Å². The van der Waals surface area contributed by atoms with Gasteiger partial charge in [-0.3, -0.25) is 14.5 Å². The van der Waals surface area contributed by atoms with E-state index in [1.54, 1.807) is 6.20 Å². The molecule has 2 atom stereocenters. The molecule has 0 saturated heterocycles. The Bertz CT molecular complexity index is 970. The second kappa shape index (κ2) is 8.08. The van der Waals surface area contributed by atoms with E-state index in [1.807, 2.05) is 48.0 Å². The standard InChI is InChI=1S/C21H24N4O3/c1-2-25-21-15(11-22-25)8-16-9-20(27)24-19(14-6-4-3-5-7-14)13-28-12-17(26)10-18(21)23-16/h3-8,11,17,19,26H,2,9-10,12-13H2,1H3,(H,24,27)/t17-,19-/m1/s1. The van der Waals surface area contributed by atoms with Crippen molar-refractivity contribution in [3.05, 3.63) is 59.5 Å². The van der Waals surface area contributed by atoms with Crippen LogP contribution in [0.5, 0.6) is 0 Å². The molecule has 0 fully saturated rings. The fraction of sp³-hybridized carbons (Fsp3) is 0.381. The smallest absolute Gasteiger partial charge is 0.226 e. The molecule has 0 spiro atoms. The van der Waals surface area contributed by atoms with Crippen molar-refractivity contribution in [2.45, 2.75) is 38.5 Å². The van der Waals surface area contributed by atoms with E-state index in [4.69, 9.17) is 4.74 Å². The molecule has 1 aliphatic heterocycles. The monoisotopic (exact) mass is 380 g/mol. The molecule has 0 saturated carbocycles. The average Bonchev–Trinajstić information content (AvgIpc) is 3.10. The predicted octanol–water partition coefficient (Wildman–Crippen LogP) is 1.78. The summed E-state index contributed by atoms with van der Waals surface area (Å²) < 4.78 is 7.61. The minimum absolute atomic E-state index is 0.112. The highest BCUT2D eigenvalue weighted by molar-refractivity contribution is 5.84. The molecule has 2 N–H and O–H groups in total. The zero-order valence-corrected chi connectivity index (χ0v) is 15.8. The molecule has 2 bridgehead atoms. The Morgan fingerprint density at radius 1 is 1.29 bits per heavy atom. The maximum absolute atomic E-state index is 12.7. The van der Waals surface area contributed by atoms with Gasteiger partial charge in [0, 0.05) is 18.4 Å². The van der Waals surface area contributed by atoms with Crippen LogP contribution in [0.4, 0.5) is 0 Å². The summed E-state index contributed by atoms with van der Waals surface area (Å²) in [5.41, 5.74) is 3.30. The lowest BCUT2D eigenvalue weighted by Gasteiger charge is -2.22. The van der Waals surface area contributed by atoms with Gasteiger partial charge in [0.1, 0.15) is 0 Å². The van der Waals surface area contributed by atoms with Gasteiger partial charge in [-0.05, 0) is 18.6 Å². The number of hydrogen-bond acceptors (Lipinski definition) is 5. The molecule has 146 valence electrons. The quantitative estimate of drug-likeness (QED) is 0.707. The Labute approximate surface area is 163 Å². The molecule has 3 heterocycles. The molecule has 4 rings (SSSR count). The van der Waals surface area contributed by atoms with Crippen molar-refractivity contribution >= 4 is 16.8 Å². The van der Waals surface area contributed by atoms with E-state index >= 15 is 0 Å². The molecule has 2 aromatic heterocycles. The Morgan fingerprint density at radius 2 is 2.11 bits per heavy atom. The number of aliphatic hydroxyl groups is 1. The van der Waals surface area contributed by atoms with Crippen molar-refractivity contribution in [2.75, 3.05) is 13.2 Å². The highest BCUT2D eigenvalue weighted by Crippen LogP contribution is 2.22. The summed E-state index contributed by atoms with van der Waals surface area (Å²) in [7, 11) is 0. The average molecular weight is 380 g/mol. The maximum Gasteiger partial charge on any atom is 0.226 e. The molecule has 1 aromatic carbocycles. The maximum atomic E-state index is 12.7. The van der Waals surface area contributed by atoms with Crippen molar-refractivity contribution in [3.63, 3.8) is 0 Å². The van der Waals surface area contributed by atoms with Crippen molar-refractivity contribution in [3.8, 4) is 0 Å². The van der Waals surface area contributed by atoms with Crippen molar-refractivity contribution < 1.29 is 14.6 Å². The van der Waals surface area contributed by atoms with Gasteiger partial charge >= 0.3 is 0 Å². The van der Waals surface area contributed by atoms with Crippen LogP contribution in [0.25, 0.3) is 10.9 Å². The van der Waals surface area contributed by atoms with Crippen LogP contribution in [0.2, 0.25) is 0 Å². The van der Waals surface area contributed by atoms with E-state index in [-0.39, 0.29) is 25.0 Å². The van der Waals surface area contributed by atoms with Crippen LogP contribution in [-0.4, -0.2) is 45.1 Å². The number of rotatable bonds is 2. The number of aromatic nitrogens is 3. The second-order valence-corrected chi connectivity index (χ2v) is 7.06. The summed E-state index contributed by atoms with van der Waals surface area (Å²) in [5.74, 6) is -0.112. The Hall–Kier alpha value is -2.77. The summed E-state index contributed by atoms with van der Waals surface area (Å²) >= 11 is 0. The molecule has 0 aliphatic carbocycles. The highest BCUT2D eigenvalue weighted by atomic mass is 16.5. The first-order valence-electron chi connectivity index (χ1n) is 9.58. The normalized spacial score (nSPS) is 21.0. The van der Waals surface area contributed by atoms with Gasteiger partial charge < -0.3 is 15.2 Å². The van der Waals surface area contributed by atoms with Gasteiger partial charge in [-0.1, -0.05) is 30.3 Å². The number of carbonyl (C=O) groups is 1. The molecule has 0 radical (unpaired) electrons. The van der Waals surface area contributed by atoms with E-state index < -0.39 is 6.10 Å². The van der Waals surface area contributed by atoms with Crippen LogP contribution in [-0.2, 0) is 28.9 Å². The predicted molar refractivity (Wildman–Crippen MR) is 105 cm³/mol. The minimum Gasteiger partial charge on any atom is -0.390 e. The Kier molecular flexibility index (Phi) is 5.36. The zero-order chi connectivity index (χ0) is 19.5. The van der Waals surface area contributed by atoms with Crippen LogP contribution >= 0.6 is 0 Å². The van der Waals surface area contributed by atoms with Crippen LogP contribution in [0.1, 0.15) is 29.9 Å². The summed E-state index contributed by atoms with van der Waals surface area (Å²) in [5, 5.41) is 18.9. The number of fused-ring (bicyclic) bond motifs is 4. The number of nitrogens with zero attached hydrogens (tertiary/aromatic N) is 3. The minimum atomic E-state index is -0.683. The summed E-state index contributed by atoms with van der Waals surface area (Å²) in [6.07, 6.45) is 1.62.